The predicted octanol–water partition coefficient (Wildman–Crippen LogP) is 3.91. The largest absolute Gasteiger partial charge is 0.479 e. The van der Waals surface area contributed by atoms with Gasteiger partial charge in [0.2, 0.25) is 0 Å². The molecule has 0 radical (unpaired) electrons. The van der Waals surface area contributed by atoms with Crippen molar-refractivity contribution in [1.29, 1.82) is 0 Å². The van der Waals surface area contributed by atoms with Crippen molar-refractivity contribution < 1.29 is 23.0 Å². The topological polar surface area (TPSA) is 54.0 Å². The molecule has 0 aliphatic carbocycles. The number of benzene rings is 2. The molecular weight excluding hydrogens is 464 g/mol. The van der Waals surface area contributed by atoms with Gasteiger partial charge in [0.15, 0.2) is 17.7 Å². The summed E-state index contributed by atoms with van der Waals surface area (Å²) < 4.78 is 39.2. The summed E-state index contributed by atoms with van der Waals surface area (Å²) in [6, 6.07) is 11.6. The van der Waals surface area contributed by atoms with Gasteiger partial charge in [-0.1, -0.05) is 29.8 Å². The molecule has 2 fully saturated rings. The molecule has 4 rings (SSSR count). The van der Waals surface area contributed by atoms with E-state index in [4.69, 9.17) is 9.47 Å². The van der Waals surface area contributed by atoms with Crippen molar-refractivity contribution >= 4 is 5.91 Å². The maximum absolute atomic E-state index is 13.9. The van der Waals surface area contributed by atoms with Crippen molar-refractivity contribution in [3.8, 4) is 5.75 Å². The summed E-state index contributed by atoms with van der Waals surface area (Å²) >= 11 is 0. The van der Waals surface area contributed by atoms with Crippen LogP contribution in [0.1, 0.15) is 36.8 Å². The van der Waals surface area contributed by atoms with E-state index in [1.807, 2.05) is 6.07 Å². The normalized spacial score (nSPS) is 19.1. The minimum atomic E-state index is -1.00. The van der Waals surface area contributed by atoms with Gasteiger partial charge in [0.25, 0.3) is 5.91 Å². The number of hydrogen-bond acceptors (Lipinski definition) is 5. The molecule has 1 N–H and O–H groups in total. The molecule has 36 heavy (non-hydrogen) atoms. The first kappa shape index (κ1) is 26.5. The Morgan fingerprint density at radius 1 is 1.17 bits per heavy atom. The highest BCUT2D eigenvalue weighted by molar-refractivity contribution is 5.81. The van der Waals surface area contributed by atoms with E-state index < -0.39 is 17.7 Å². The lowest BCUT2D eigenvalue weighted by atomic mass is 10.1. The van der Waals surface area contributed by atoms with E-state index in [0.717, 1.165) is 56.8 Å². The number of hydrogen-bond donors (Lipinski definition) is 1. The fourth-order valence-electron chi connectivity index (χ4n) is 4.93. The molecule has 2 aromatic carbocycles. The maximum atomic E-state index is 13.9. The van der Waals surface area contributed by atoms with Gasteiger partial charge in [0.05, 0.1) is 6.10 Å². The maximum Gasteiger partial charge on any atom is 0.262 e. The van der Waals surface area contributed by atoms with Crippen LogP contribution >= 0.6 is 0 Å². The third-order valence-corrected chi connectivity index (χ3v) is 6.79. The first-order valence-electron chi connectivity index (χ1n) is 13.0. The molecule has 8 heteroatoms. The zero-order chi connectivity index (χ0) is 25.3. The van der Waals surface area contributed by atoms with E-state index in [0.29, 0.717) is 26.2 Å². The molecular formula is C28H37F2N3O3. The summed E-state index contributed by atoms with van der Waals surface area (Å²) in [5.41, 5.74) is 2.30. The molecule has 0 bridgehead atoms. The van der Waals surface area contributed by atoms with Crippen LogP contribution in [0, 0.1) is 18.6 Å². The molecule has 0 saturated carbocycles. The second kappa shape index (κ2) is 13.1. The van der Waals surface area contributed by atoms with Gasteiger partial charge in [0.1, 0.15) is 5.75 Å². The minimum Gasteiger partial charge on any atom is -0.479 e. The first-order valence-corrected chi connectivity index (χ1v) is 13.0. The quantitative estimate of drug-likeness (QED) is 0.478. The second-order valence-corrected chi connectivity index (χ2v) is 9.84. The van der Waals surface area contributed by atoms with E-state index >= 15 is 0 Å². The van der Waals surface area contributed by atoms with Crippen molar-refractivity contribution in [2.45, 2.75) is 51.4 Å². The standard InChI is InChI=1S/C28H37F2N3O3/c1-21-6-4-7-22(16-21)18-33(19-24-8-5-15-35-24)20-27(36-23-9-10-25(29)26(30)17-23)28(34)31-11-14-32-12-2-3-13-32/h4,6-7,9-10,16-17,24,27H,2-3,5,8,11-15,18-20H2,1H3,(H,31,34)/t24-,27-/m1/s1. The molecule has 2 aliphatic rings. The molecule has 2 heterocycles. The number of carbonyl (C=O) groups is 1. The van der Waals surface area contributed by atoms with Gasteiger partial charge < -0.3 is 19.7 Å². The monoisotopic (exact) mass is 501 g/mol. The highest BCUT2D eigenvalue weighted by Gasteiger charge is 2.27. The molecule has 2 atom stereocenters. The molecule has 2 saturated heterocycles. The van der Waals surface area contributed by atoms with Crippen LogP contribution < -0.4 is 10.1 Å². The molecule has 0 spiro atoms. The van der Waals surface area contributed by atoms with Crippen LogP contribution in [-0.2, 0) is 16.1 Å². The Balaban J connectivity index is 1.48. The minimum absolute atomic E-state index is 0.0944. The lowest BCUT2D eigenvalue weighted by Gasteiger charge is -2.29. The first-order chi connectivity index (χ1) is 17.5. The van der Waals surface area contributed by atoms with Crippen molar-refractivity contribution in [2.75, 3.05) is 45.9 Å². The third kappa shape index (κ3) is 7.98. The van der Waals surface area contributed by atoms with Crippen molar-refractivity contribution in [3.05, 3.63) is 65.2 Å². The van der Waals surface area contributed by atoms with E-state index in [1.54, 1.807) is 0 Å². The van der Waals surface area contributed by atoms with Gasteiger partial charge in [-0.25, -0.2) is 8.78 Å². The zero-order valence-corrected chi connectivity index (χ0v) is 21.1. The van der Waals surface area contributed by atoms with Crippen LogP contribution in [0.4, 0.5) is 8.78 Å². The average molecular weight is 502 g/mol. The third-order valence-electron chi connectivity index (χ3n) is 6.79. The summed E-state index contributed by atoms with van der Waals surface area (Å²) in [5.74, 6) is -2.09. The van der Waals surface area contributed by atoms with E-state index in [9.17, 15) is 13.6 Å². The Kier molecular flexibility index (Phi) is 9.67. The smallest absolute Gasteiger partial charge is 0.262 e. The Bertz CT molecular complexity index is 994. The van der Waals surface area contributed by atoms with E-state index in [2.05, 4.69) is 40.2 Å². The molecule has 1 amide bonds. The molecule has 0 aromatic heterocycles. The van der Waals surface area contributed by atoms with Crippen LogP contribution in [0.2, 0.25) is 0 Å². The highest BCUT2D eigenvalue weighted by Crippen LogP contribution is 2.20. The number of nitrogens with zero attached hydrogens (tertiary/aromatic N) is 2. The SMILES string of the molecule is Cc1cccc(CN(C[C@H]2CCCO2)C[C@@H](Oc2ccc(F)c(F)c2)C(=O)NCCN2CCCC2)c1. The number of aryl methyl sites for hydroxylation is 1. The summed E-state index contributed by atoms with van der Waals surface area (Å²) in [4.78, 5) is 17.8. The zero-order valence-electron chi connectivity index (χ0n) is 21.1. The fourth-order valence-corrected chi connectivity index (χ4v) is 4.93. The van der Waals surface area contributed by atoms with Gasteiger partial charge in [-0.3, -0.25) is 9.69 Å². The van der Waals surface area contributed by atoms with E-state index in [1.165, 1.54) is 24.5 Å². The molecule has 0 unspecified atom stereocenters. The number of amides is 1. The molecule has 2 aromatic rings. The van der Waals surface area contributed by atoms with Gasteiger partial charge in [-0.05, 0) is 63.4 Å². The van der Waals surface area contributed by atoms with Crippen LogP contribution in [0.5, 0.6) is 5.75 Å². The average Bonchev–Trinajstić information content (AvgIpc) is 3.55. The molecule has 6 nitrogen and oxygen atoms in total. The van der Waals surface area contributed by atoms with Gasteiger partial charge in [-0.15, -0.1) is 0 Å². The summed E-state index contributed by atoms with van der Waals surface area (Å²) in [5, 5.41) is 3.00. The molecule has 196 valence electrons. The van der Waals surface area contributed by atoms with Crippen LogP contribution in [0.3, 0.4) is 0 Å². The van der Waals surface area contributed by atoms with Crippen LogP contribution in [-0.4, -0.2) is 73.8 Å². The summed E-state index contributed by atoms with van der Waals surface area (Å²) in [6.07, 6.45) is 3.58. The van der Waals surface area contributed by atoms with Crippen LogP contribution in [0.25, 0.3) is 0 Å². The Labute approximate surface area is 212 Å². The lowest BCUT2D eigenvalue weighted by molar-refractivity contribution is -0.129. The highest BCUT2D eigenvalue weighted by atomic mass is 19.2. The van der Waals surface area contributed by atoms with Gasteiger partial charge in [0, 0.05) is 45.4 Å². The Morgan fingerprint density at radius 2 is 2.00 bits per heavy atom. The number of carbonyl (C=O) groups excluding carboxylic acids is 1. The number of rotatable bonds is 12. The Hall–Kier alpha value is -2.55. The van der Waals surface area contributed by atoms with Crippen molar-refractivity contribution in [2.24, 2.45) is 0 Å². The number of ether oxygens (including phenoxy) is 2. The van der Waals surface area contributed by atoms with Gasteiger partial charge in [-0.2, -0.15) is 0 Å². The summed E-state index contributed by atoms with van der Waals surface area (Å²) in [6.45, 7) is 7.78. The number of nitrogens with one attached hydrogen (secondary N) is 1. The van der Waals surface area contributed by atoms with Crippen LogP contribution in [0.15, 0.2) is 42.5 Å². The Morgan fingerprint density at radius 3 is 2.72 bits per heavy atom. The number of likely N-dealkylation sites (tertiary alicyclic amines) is 1. The lowest BCUT2D eigenvalue weighted by Crippen LogP contribution is -2.48. The van der Waals surface area contributed by atoms with Gasteiger partial charge >= 0.3 is 0 Å². The fraction of sp³-hybridized carbons (Fsp3) is 0.536. The predicted molar refractivity (Wildman–Crippen MR) is 135 cm³/mol. The number of halogens is 2. The van der Waals surface area contributed by atoms with Crippen molar-refractivity contribution in [3.63, 3.8) is 0 Å². The molecule has 2 aliphatic heterocycles. The van der Waals surface area contributed by atoms with Crippen molar-refractivity contribution in [1.82, 2.24) is 15.1 Å². The second-order valence-electron chi connectivity index (χ2n) is 9.84. The summed E-state index contributed by atoms with van der Waals surface area (Å²) in [7, 11) is 0. The van der Waals surface area contributed by atoms with E-state index in [-0.39, 0.29) is 17.8 Å².